The third-order valence-electron chi connectivity index (χ3n) is 4.37. The lowest BCUT2D eigenvalue weighted by atomic mass is 10.0. The molecule has 1 unspecified atom stereocenters. The molecule has 1 atom stereocenters. The minimum atomic E-state index is -5.07. The molecule has 1 aliphatic heterocycles. The second kappa shape index (κ2) is 7.56. The van der Waals surface area contributed by atoms with Crippen LogP contribution in [-0.2, 0) is 11.2 Å². The number of hydrogen-bond acceptors (Lipinski definition) is 4. The highest BCUT2D eigenvalue weighted by Gasteiger charge is 2.63. The van der Waals surface area contributed by atoms with Crippen LogP contribution in [0.1, 0.15) is 17.5 Å². The van der Waals surface area contributed by atoms with Gasteiger partial charge in [-0.05, 0) is 35.4 Å². The first-order chi connectivity index (χ1) is 13.1. The van der Waals surface area contributed by atoms with Crippen LogP contribution in [-0.4, -0.2) is 40.7 Å². The zero-order valence-corrected chi connectivity index (χ0v) is 16.3. The summed E-state index contributed by atoms with van der Waals surface area (Å²) >= 11 is 3.25. The van der Waals surface area contributed by atoms with E-state index >= 15 is 0 Å². The molecule has 1 N–H and O–H groups in total. The molecule has 0 bridgehead atoms. The first-order valence-electron chi connectivity index (χ1n) is 8.22. The molecule has 0 saturated heterocycles. The van der Waals surface area contributed by atoms with Gasteiger partial charge in [0.2, 0.25) is 5.91 Å². The van der Waals surface area contributed by atoms with Gasteiger partial charge in [-0.1, -0.05) is 40.2 Å². The van der Waals surface area contributed by atoms with Gasteiger partial charge in [-0.15, -0.1) is 0 Å². The SMILES string of the molecule is COc1ccc(CC(=O)N2N=C(c3ccc(Br)cc3)CC2(O)C(F)(F)F)cc1. The van der Waals surface area contributed by atoms with E-state index in [0.29, 0.717) is 16.9 Å². The second-order valence-corrected chi connectivity index (χ2v) is 7.19. The number of alkyl halides is 3. The van der Waals surface area contributed by atoms with Crippen LogP contribution in [0.5, 0.6) is 5.75 Å². The number of methoxy groups -OCH3 is 1. The fourth-order valence-corrected chi connectivity index (χ4v) is 3.09. The Balaban J connectivity index is 1.90. The maximum Gasteiger partial charge on any atom is 0.438 e. The van der Waals surface area contributed by atoms with Crippen molar-refractivity contribution in [3.8, 4) is 5.75 Å². The normalized spacial score (nSPS) is 19.5. The van der Waals surface area contributed by atoms with E-state index in [1.54, 1.807) is 48.5 Å². The Kier molecular flexibility index (Phi) is 5.49. The number of nitrogens with zero attached hydrogens (tertiary/aromatic N) is 2. The number of hydrogen-bond donors (Lipinski definition) is 1. The van der Waals surface area contributed by atoms with Gasteiger partial charge in [0, 0.05) is 4.47 Å². The summed E-state index contributed by atoms with van der Waals surface area (Å²) in [6.07, 6.45) is -6.25. The van der Waals surface area contributed by atoms with Gasteiger partial charge in [0.25, 0.3) is 5.72 Å². The van der Waals surface area contributed by atoms with Crippen molar-refractivity contribution >= 4 is 27.5 Å². The van der Waals surface area contributed by atoms with E-state index in [0.717, 1.165) is 4.47 Å². The Labute approximate surface area is 167 Å². The molecular weight excluding hydrogens is 441 g/mol. The maximum atomic E-state index is 13.6. The number of carbonyl (C=O) groups excluding carboxylic acids is 1. The van der Waals surface area contributed by atoms with E-state index in [4.69, 9.17) is 4.74 Å². The molecule has 2 aromatic rings. The van der Waals surface area contributed by atoms with Crippen LogP contribution in [0.4, 0.5) is 13.2 Å². The van der Waals surface area contributed by atoms with Crippen LogP contribution < -0.4 is 4.74 Å². The van der Waals surface area contributed by atoms with Gasteiger partial charge < -0.3 is 9.84 Å². The summed E-state index contributed by atoms with van der Waals surface area (Å²) in [6.45, 7) is 0. The molecule has 0 aliphatic carbocycles. The van der Waals surface area contributed by atoms with Crippen LogP contribution >= 0.6 is 15.9 Å². The van der Waals surface area contributed by atoms with Crippen molar-refractivity contribution in [2.45, 2.75) is 24.7 Å². The van der Waals surface area contributed by atoms with Crippen molar-refractivity contribution in [3.05, 3.63) is 64.1 Å². The van der Waals surface area contributed by atoms with Gasteiger partial charge in [-0.25, -0.2) is 0 Å². The second-order valence-electron chi connectivity index (χ2n) is 6.28. The smallest absolute Gasteiger partial charge is 0.438 e. The molecular formula is C19H16BrF3N2O3. The third kappa shape index (κ3) is 3.90. The lowest BCUT2D eigenvalue weighted by molar-refractivity contribution is -0.302. The van der Waals surface area contributed by atoms with Crippen LogP contribution in [0.2, 0.25) is 0 Å². The van der Waals surface area contributed by atoms with E-state index in [9.17, 15) is 23.1 Å². The molecule has 0 saturated carbocycles. The number of carbonyl (C=O) groups is 1. The van der Waals surface area contributed by atoms with E-state index in [-0.39, 0.29) is 17.1 Å². The molecule has 5 nitrogen and oxygen atoms in total. The standard InChI is InChI=1S/C19H16BrF3N2O3/c1-28-15-8-2-12(3-9-15)10-17(26)25-18(27,19(21,22)23)11-16(24-25)13-4-6-14(20)7-5-13/h2-9,27H,10-11H2,1H3. The van der Waals surface area contributed by atoms with Gasteiger partial charge in [-0.2, -0.15) is 23.3 Å². The van der Waals surface area contributed by atoms with Crippen LogP contribution in [0.15, 0.2) is 58.1 Å². The molecule has 28 heavy (non-hydrogen) atoms. The Morgan fingerprint density at radius 2 is 1.82 bits per heavy atom. The maximum absolute atomic E-state index is 13.6. The number of ether oxygens (including phenoxy) is 1. The van der Waals surface area contributed by atoms with Gasteiger partial charge in [0.1, 0.15) is 5.75 Å². The van der Waals surface area contributed by atoms with Gasteiger partial charge in [-0.3, -0.25) is 4.79 Å². The molecule has 3 rings (SSSR count). The average Bonchev–Trinajstić information content (AvgIpc) is 3.02. The molecule has 9 heteroatoms. The van der Waals surface area contributed by atoms with Crippen molar-refractivity contribution in [2.75, 3.05) is 7.11 Å². The van der Waals surface area contributed by atoms with Crippen molar-refractivity contribution in [3.63, 3.8) is 0 Å². The predicted molar refractivity (Wildman–Crippen MR) is 99.8 cm³/mol. The van der Waals surface area contributed by atoms with Crippen LogP contribution in [0.25, 0.3) is 0 Å². The number of aliphatic hydroxyl groups is 1. The Morgan fingerprint density at radius 3 is 2.36 bits per heavy atom. The molecule has 1 heterocycles. The molecule has 0 spiro atoms. The Hall–Kier alpha value is -2.39. The number of hydrazone groups is 1. The predicted octanol–water partition coefficient (Wildman–Crippen LogP) is 3.89. The van der Waals surface area contributed by atoms with Crippen LogP contribution in [0.3, 0.4) is 0 Å². The fraction of sp³-hybridized carbons (Fsp3) is 0.263. The Bertz CT molecular complexity index is 898. The summed E-state index contributed by atoms with van der Waals surface area (Å²) in [4.78, 5) is 12.6. The molecule has 0 aromatic heterocycles. The summed E-state index contributed by atoms with van der Waals surface area (Å²) < 4.78 is 46.6. The number of amides is 1. The summed E-state index contributed by atoms with van der Waals surface area (Å²) in [5, 5.41) is 14.3. The topological polar surface area (TPSA) is 62.1 Å². The third-order valence-corrected chi connectivity index (χ3v) is 4.90. The van der Waals surface area contributed by atoms with Crippen molar-refractivity contribution in [1.82, 2.24) is 5.01 Å². The van der Waals surface area contributed by atoms with E-state index in [1.807, 2.05) is 0 Å². The zero-order chi connectivity index (χ0) is 20.5. The van der Waals surface area contributed by atoms with E-state index in [2.05, 4.69) is 21.0 Å². The number of benzene rings is 2. The zero-order valence-electron chi connectivity index (χ0n) is 14.7. The first-order valence-corrected chi connectivity index (χ1v) is 9.02. The lowest BCUT2D eigenvalue weighted by Crippen LogP contribution is -2.57. The highest BCUT2D eigenvalue weighted by atomic mass is 79.9. The highest BCUT2D eigenvalue weighted by molar-refractivity contribution is 9.10. The van der Waals surface area contributed by atoms with E-state index in [1.165, 1.54) is 7.11 Å². The summed E-state index contributed by atoms with van der Waals surface area (Å²) in [7, 11) is 1.48. The van der Waals surface area contributed by atoms with E-state index < -0.39 is 24.2 Å². The quantitative estimate of drug-likeness (QED) is 0.758. The molecule has 0 radical (unpaired) electrons. The van der Waals surface area contributed by atoms with Crippen LogP contribution in [0, 0.1) is 0 Å². The van der Waals surface area contributed by atoms with Gasteiger partial charge >= 0.3 is 6.18 Å². The number of halogens is 4. The molecule has 1 amide bonds. The largest absolute Gasteiger partial charge is 0.497 e. The van der Waals surface area contributed by atoms with Gasteiger partial charge in [0.15, 0.2) is 0 Å². The van der Waals surface area contributed by atoms with Gasteiger partial charge in [0.05, 0.1) is 25.7 Å². The summed E-state index contributed by atoms with van der Waals surface area (Å²) in [6, 6.07) is 12.8. The molecule has 0 fully saturated rings. The van der Waals surface area contributed by atoms with Crippen molar-refractivity contribution in [1.29, 1.82) is 0 Å². The first kappa shape index (κ1) is 20.3. The number of rotatable bonds is 4. The van der Waals surface area contributed by atoms with Crippen molar-refractivity contribution in [2.24, 2.45) is 5.10 Å². The molecule has 1 aliphatic rings. The highest BCUT2D eigenvalue weighted by Crippen LogP contribution is 2.41. The minimum absolute atomic E-state index is 0.0181. The molecule has 2 aromatic carbocycles. The monoisotopic (exact) mass is 456 g/mol. The minimum Gasteiger partial charge on any atom is -0.497 e. The van der Waals surface area contributed by atoms with Crippen molar-refractivity contribution < 1.29 is 27.8 Å². The Morgan fingerprint density at radius 1 is 1.21 bits per heavy atom. The average molecular weight is 457 g/mol. The lowest BCUT2D eigenvalue weighted by Gasteiger charge is -2.32. The molecule has 148 valence electrons. The fourth-order valence-electron chi connectivity index (χ4n) is 2.82. The summed E-state index contributed by atoms with van der Waals surface area (Å²) in [5.74, 6) is -0.406. The summed E-state index contributed by atoms with van der Waals surface area (Å²) in [5.41, 5.74) is -2.54.